The van der Waals surface area contributed by atoms with Gasteiger partial charge in [-0.1, -0.05) is 46.0 Å². The third kappa shape index (κ3) is 5.88. The molecule has 2 unspecified atom stereocenters. The first-order valence-electron chi connectivity index (χ1n) is 7.85. The van der Waals surface area contributed by atoms with Crippen molar-refractivity contribution in [3.8, 4) is 0 Å². The Morgan fingerprint density at radius 2 is 1.94 bits per heavy atom. The topological polar surface area (TPSA) is 26.3 Å². The Hall–Kier alpha value is -0.530. The summed E-state index contributed by atoms with van der Waals surface area (Å²) >= 11 is 0. The first kappa shape index (κ1) is 15.5. The zero-order chi connectivity index (χ0) is 13.4. The lowest BCUT2D eigenvalue weighted by Crippen LogP contribution is -2.21. The van der Waals surface area contributed by atoms with Crippen molar-refractivity contribution in [1.29, 1.82) is 0 Å². The van der Waals surface area contributed by atoms with E-state index in [-0.39, 0.29) is 12.1 Å². The molecule has 0 aliphatic carbocycles. The number of carbonyl (C=O) groups excluding carboxylic acids is 1. The van der Waals surface area contributed by atoms with E-state index in [4.69, 9.17) is 4.74 Å². The van der Waals surface area contributed by atoms with Crippen molar-refractivity contribution in [2.45, 2.75) is 84.7 Å². The molecule has 2 nitrogen and oxygen atoms in total. The van der Waals surface area contributed by atoms with Crippen LogP contribution in [0.25, 0.3) is 0 Å². The molecule has 1 fully saturated rings. The maximum absolute atomic E-state index is 11.5. The molecule has 0 bridgehead atoms. The Labute approximate surface area is 112 Å². The smallest absolute Gasteiger partial charge is 0.306 e. The molecule has 18 heavy (non-hydrogen) atoms. The minimum Gasteiger partial charge on any atom is -0.463 e. The molecule has 0 amide bonds. The molecule has 0 aromatic heterocycles. The molecule has 0 spiro atoms. The van der Waals surface area contributed by atoms with Gasteiger partial charge >= 0.3 is 5.97 Å². The summed E-state index contributed by atoms with van der Waals surface area (Å²) in [6, 6.07) is 0. The van der Waals surface area contributed by atoms with Gasteiger partial charge in [-0.2, -0.15) is 0 Å². The Kier molecular flexibility index (Phi) is 7.38. The maximum atomic E-state index is 11.5. The van der Waals surface area contributed by atoms with Gasteiger partial charge in [0.2, 0.25) is 0 Å². The van der Waals surface area contributed by atoms with Crippen molar-refractivity contribution in [2.75, 3.05) is 0 Å². The first-order valence-corrected chi connectivity index (χ1v) is 7.85. The van der Waals surface area contributed by atoms with Crippen LogP contribution in [0.5, 0.6) is 0 Å². The Morgan fingerprint density at radius 1 is 1.22 bits per heavy atom. The highest BCUT2D eigenvalue weighted by molar-refractivity contribution is 5.69. The monoisotopic (exact) mass is 254 g/mol. The summed E-state index contributed by atoms with van der Waals surface area (Å²) in [5.74, 6) is 1.60. The molecule has 0 N–H and O–H groups in total. The van der Waals surface area contributed by atoms with Gasteiger partial charge in [0.1, 0.15) is 0 Å². The quantitative estimate of drug-likeness (QED) is 0.679. The van der Waals surface area contributed by atoms with Crippen LogP contribution in [0, 0.1) is 11.8 Å². The van der Waals surface area contributed by atoms with E-state index in [9.17, 15) is 4.79 Å². The number of hydrogen-bond acceptors (Lipinski definition) is 2. The van der Waals surface area contributed by atoms with E-state index < -0.39 is 0 Å². The number of rotatable bonds is 4. The second-order valence-electron chi connectivity index (χ2n) is 5.92. The van der Waals surface area contributed by atoms with E-state index in [0.29, 0.717) is 6.42 Å². The van der Waals surface area contributed by atoms with E-state index in [2.05, 4.69) is 20.8 Å². The van der Waals surface area contributed by atoms with Crippen LogP contribution < -0.4 is 0 Å². The fourth-order valence-electron chi connectivity index (χ4n) is 3.11. The van der Waals surface area contributed by atoms with Crippen molar-refractivity contribution in [3.63, 3.8) is 0 Å². The lowest BCUT2D eigenvalue weighted by Gasteiger charge is -2.26. The van der Waals surface area contributed by atoms with Crippen molar-refractivity contribution in [3.05, 3.63) is 0 Å². The van der Waals surface area contributed by atoms with Crippen LogP contribution in [0.4, 0.5) is 0 Å². The molecule has 0 aromatic carbocycles. The molecule has 2 heteroatoms. The highest BCUT2D eigenvalue weighted by atomic mass is 16.5. The number of ether oxygens (including phenoxy) is 1. The van der Waals surface area contributed by atoms with Crippen LogP contribution in [-0.4, -0.2) is 12.1 Å². The molecular formula is C16H30O2. The summed E-state index contributed by atoms with van der Waals surface area (Å²) in [5, 5.41) is 0. The number of cyclic esters (lactones) is 1. The lowest BCUT2D eigenvalue weighted by atomic mass is 9.84. The normalized spacial score (nSPS) is 27.0. The third-order valence-electron chi connectivity index (χ3n) is 4.31. The highest BCUT2D eigenvalue weighted by Gasteiger charge is 2.20. The van der Waals surface area contributed by atoms with Crippen LogP contribution in [0.3, 0.4) is 0 Å². The van der Waals surface area contributed by atoms with Gasteiger partial charge in [0.15, 0.2) is 0 Å². The average molecular weight is 254 g/mol. The average Bonchev–Trinajstić information content (AvgIpc) is 2.34. The lowest BCUT2D eigenvalue weighted by molar-refractivity contribution is -0.149. The van der Waals surface area contributed by atoms with Gasteiger partial charge in [-0.05, 0) is 38.0 Å². The van der Waals surface area contributed by atoms with Crippen LogP contribution >= 0.6 is 0 Å². The van der Waals surface area contributed by atoms with Gasteiger partial charge in [0, 0.05) is 6.42 Å². The Bertz CT molecular complexity index is 233. The summed E-state index contributed by atoms with van der Waals surface area (Å²) in [5.41, 5.74) is 0. The number of esters is 1. The van der Waals surface area contributed by atoms with Crippen molar-refractivity contribution in [2.24, 2.45) is 11.8 Å². The molecule has 1 aliphatic rings. The van der Waals surface area contributed by atoms with E-state index in [1.54, 1.807) is 0 Å². The van der Waals surface area contributed by atoms with Gasteiger partial charge in [0.25, 0.3) is 0 Å². The van der Waals surface area contributed by atoms with E-state index in [1.165, 1.54) is 38.5 Å². The highest BCUT2D eigenvalue weighted by Crippen LogP contribution is 2.28. The zero-order valence-corrected chi connectivity index (χ0v) is 12.4. The Morgan fingerprint density at radius 3 is 2.61 bits per heavy atom. The molecule has 0 saturated carbocycles. The summed E-state index contributed by atoms with van der Waals surface area (Å²) in [4.78, 5) is 11.5. The summed E-state index contributed by atoms with van der Waals surface area (Å²) in [7, 11) is 0. The van der Waals surface area contributed by atoms with Gasteiger partial charge in [-0.3, -0.25) is 4.79 Å². The minimum absolute atomic E-state index is 0.00526. The van der Waals surface area contributed by atoms with Gasteiger partial charge in [-0.25, -0.2) is 0 Å². The molecule has 1 rings (SSSR count). The molecule has 1 aliphatic heterocycles. The SMILES string of the molecule is CCC(CC)CC1CCCCCC(=O)OC(C)C1. The van der Waals surface area contributed by atoms with Gasteiger partial charge < -0.3 is 4.74 Å². The number of carbonyl (C=O) groups is 1. The predicted octanol–water partition coefficient (Wildman–Crippen LogP) is 4.71. The second kappa shape index (κ2) is 8.55. The van der Waals surface area contributed by atoms with Crippen LogP contribution in [0.2, 0.25) is 0 Å². The molecular weight excluding hydrogens is 224 g/mol. The second-order valence-corrected chi connectivity index (χ2v) is 5.92. The number of hydrogen-bond donors (Lipinski definition) is 0. The van der Waals surface area contributed by atoms with Crippen molar-refractivity contribution >= 4 is 5.97 Å². The zero-order valence-electron chi connectivity index (χ0n) is 12.4. The first-order chi connectivity index (χ1) is 8.65. The van der Waals surface area contributed by atoms with E-state index >= 15 is 0 Å². The van der Waals surface area contributed by atoms with Crippen LogP contribution in [-0.2, 0) is 9.53 Å². The van der Waals surface area contributed by atoms with Gasteiger partial charge in [-0.15, -0.1) is 0 Å². The van der Waals surface area contributed by atoms with E-state index in [1.807, 2.05) is 0 Å². The van der Waals surface area contributed by atoms with Crippen molar-refractivity contribution < 1.29 is 9.53 Å². The maximum Gasteiger partial charge on any atom is 0.306 e. The summed E-state index contributed by atoms with van der Waals surface area (Å²) in [6.45, 7) is 6.63. The molecule has 1 saturated heterocycles. The van der Waals surface area contributed by atoms with E-state index in [0.717, 1.165) is 24.7 Å². The molecule has 106 valence electrons. The van der Waals surface area contributed by atoms with Crippen LogP contribution in [0.1, 0.15) is 78.6 Å². The minimum atomic E-state index is 0.00526. The standard InChI is InChI=1S/C16H30O2/c1-4-14(5-2)12-15-9-7-6-8-10-16(17)18-13(3)11-15/h13-15H,4-12H2,1-3H3. The fraction of sp³-hybridized carbons (Fsp3) is 0.938. The molecule has 2 atom stereocenters. The van der Waals surface area contributed by atoms with Gasteiger partial charge in [0.05, 0.1) is 6.10 Å². The predicted molar refractivity (Wildman–Crippen MR) is 75.4 cm³/mol. The third-order valence-corrected chi connectivity index (χ3v) is 4.31. The van der Waals surface area contributed by atoms with Crippen LogP contribution in [0.15, 0.2) is 0 Å². The molecule has 1 heterocycles. The fourth-order valence-corrected chi connectivity index (χ4v) is 3.11. The summed E-state index contributed by atoms with van der Waals surface area (Å²) < 4.78 is 5.47. The van der Waals surface area contributed by atoms with Crippen molar-refractivity contribution in [1.82, 2.24) is 0 Å². The molecule has 0 radical (unpaired) electrons. The Balaban J connectivity index is 2.49. The largest absolute Gasteiger partial charge is 0.463 e. The summed E-state index contributed by atoms with van der Waals surface area (Å²) in [6.07, 6.45) is 10.4. The molecule has 0 aromatic rings.